The lowest BCUT2D eigenvalue weighted by molar-refractivity contribution is -0.137. The number of carbonyl (C=O) groups excluding carboxylic acids is 2. The molecule has 0 saturated heterocycles. The molecular formula is C16H22O4. The molecule has 0 unspecified atom stereocenters. The van der Waals surface area contributed by atoms with Crippen molar-refractivity contribution in [3.8, 4) is 0 Å². The van der Waals surface area contributed by atoms with Gasteiger partial charge >= 0.3 is 11.9 Å². The molecule has 0 bridgehead atoms. The zero-order chi connectivity index (χ0) is 15.1. The monoisotopic (exact) mass is 278 g/mol. The minimum Gasteiger partial charge on any atom is -0.458 e. The number of hydrogen-bond donors (Lipinski definition) is 0. The van der Waals surface area contributed by atoms with Gasteiger partial charge < -0.3 is 9.47 Å². The van der Waals surface area contributed by atoms with Crippen LogP contribution in [0.2, 0.25) is 0 Å². The van der Waals surface area contributed by atoms with Crippen LogP contribution >= 0.6 is 0 Å². The summed E-state index contributed by atoms with van der Waals surface area (Å²) in [7, 11) is 0. The molecule has 0 fully saturated rings. The van der Waals surface area contributed by atoms with E-state index in [1.54, 1.807) is 30.4 Å². The predicted octanol–water partition coefficient (Wildman–Crippen LogP) is 3.12. The molecule has 0 aliphatic rings. The van der Waals surface area contributed by atoms with Crippen LogP contribution in [-0.2, 0) is 19.1 Å². The smallest absolute Gasteiger partial charge is 0.331 e. The number of ether oxygens (including phenoxy) is 2. The topological polar surface area (TPSA) is 52.6 Å². The second kappa shape index (κ2) is 13.3. The van der Waals surface area contributed by atoms with Crippen LogP contribution in [0.15, 0.2) is 48.6 Å². The molecule has 0 saturated carbocycles. The molecule has 0 aliphatic carbocycles. The molecule has 0 N–H and O–H groups in total. The molecule has 0 rings (SSSR count). The van der Waals surface area contributed by atoms with E-state index in [2.05, 4.69) is 0 Å². The highest BCUT2D eigenvalue weighted by Gasteiger charge is 1.94. The average molecular weight is 278 g/mol. The third-order valence-electron chi connectivity index (χ3n) is 2.06. The van der Waals surface area contributed by atoms with E-state index in [9.17, 15) is 9.59 Å². The van der Waals surface area contributed by atoms with Gasteiger partial charge in [0.2, 0.25) is 0 Å². The van der Waals surface area contributed by atoms with Gasteiger partial charge in [-0.1, -0.05) is 37.6 Å². The molecule has 0 amide bonds. The van der Waals surface area contributed by atoms with Gasteiger partial charge in [-0.15, -0.1) is 0 Å². The third kappa shape index (κ3) is 12.4. The van der Waals surface area contributed by atoms with Crippen LogP contribution in [0.25, 0.3) is 0 Å². The van der Waals surface area contributed by atoms with Crippen molar-refractivity contribution in [1.82, 2.24) is 0 Å². The largest absolute Gasteiger partial charge is 0.458 e. The Morgan fingerprint density at radius 3 is 2.05 bits per heavy atom. The molecule has 0 aromatic rings. The zero-order valence-electron chi connectivity index (χ0n) is 12.1. The zero-order valence-corrected chi connectivity index (χ0v) is 12.1. The molecule has 4 heteroatoms. The molecule has 0 spiro atoms. The second-order valence-electron chi connectivity index (χ2n) is 3.81. The lowest BCUT2D eigenvalue weighted by Crippen LogP contribution is -2.02. The van der Waals surface area contributed by atoms with Crippen molar-refractivity contribution in [2.45, 2.75) is 26.7 Å². The average Bonchev–Trinajstić information content (AvgIpc) is 2.43. The van der Waals surface area contributed by atoms with E-state index in [1.165, 1.54) is 12.2 Å². The van der Waals surface area contributed by atoms with E-state index >= 15 is 0 Å². The Hall–Kier alpha value is -2.10. The molecular weight excluding hydrogens is 256 g/mol. The first-order chi connectivity index (χ1) is 9.70. The number of unbranched alkanes of at least 4 members (excludes halogenated alkanes) is 1. The molecule has 0 atom stereocenters. The molecule has 4 nitrogen and oxygen atoms in total. The number of esters is 2. The quantitative estimate of drug-likeness (QED) is 0.281. The molecule has 0 heterocycles. The van der Waals surface area contributed by atoms with Crippen LogP contribution in [0.4, 0.5) is 0 Å². The van der Waals surface area contributed by atoms with Gasteiger partial charge in [-0.3, -0.25) is 0 Å². The van der Waals surface area contributed by atoms with Crippen LogP contribution in [0.1, 0.15) is 26.7 Å². The minimum atomic E-state index is -0.410. The summed E-state index contributed by atoms with van der Waals surface area (Å²) in [5.41, 5.74) is 0. The Morgan fingerprint density at radius 2 is 1.50 bits per heavy atom. The number of allylic oxidation sites excluding steroid dienone is 4. The lowest BCUT2D eigenvalue weighted by atomic mass is 10.3. The van der Waals surface area contributed by atoms with Crippen molar-refractivity contribution in [2.24, 2.45) is 0 Å². The van der Waals surface area contributed by atoms with Crippen LogP contribution in [0.5, 0.6) is 0 Å². The SMILES string of the molecule is C/C=C/C=C/C(=O)OC/C=C\COC(=O)/C=C/CCC. The summed E-state index contributed by atoms with van der Waals surface area (Å²) in [5.74, 6) is -0.776. The van der Waals surface area contributed by atoms with Gasteiger partial charge in [0.05, 0.1) is 0 Å². The number of carbonyl (C=O) groups is 2. The molecule has 0 radical (unpaired) electrons. The molecule has 110 valence electrons. The fourth-order valence-electron chi connectivity index (χ4n) is 1.08. The van der Waals surface area contributed by atoms with Crippen molar-refractivity contribution in [3.63, 3.8) is 0 Å². The lowest BCUT2D eigenvalue weighted by Gasteiger charge is -1.97. The van der Waals surface area contributed by atoms with Gasteiger partial charge in [0.15, 0.2) is 0 Å². The van der Waals surface area contributed by atoms with Crippen LogP contribution in [-0.4, -0.2) is 25.2 Å². The van der Waals surface area contributed by atoms with Gasteiger partial charge in [-0.2, -0.15) is 0 Å². The molecule has 20 heavy (non-hydrogen) atoms. The third-order valence-corrected chi connectivity index (χ3v) is 2.06. The van der Waals surface area contributed by atoms with Gasteiger partial charge in [-0.25, -0.2) is 9.59 Å². The van der Waals surface area contributed by atoms with Crippen molar-refractivity contribution >= 4 is 11.9 Å². The summed E-state index contributed by atoms with van der Waals surface area (Å²) >= 11 is 0. The fraction of sp³-hybridized carbons (Fsp3) is 0.375. The van der Waals surface area contributed by atoms with Crippen molar-refractivity contribution < 1.29 is 19.1 Å². The Kier molecular flexibility index (Phi) is 11.9. The Morgan fingerprint density at radius 1 is 0.900 bits per heavy atom. The van der Waals surface area contributed by atoms with E-state index in [0.29, 0.717) is 0 Å². The highest BCUT2D eigenvalue weighted by molar-refractivity contribution is 5.82. The summed E-state index contributed by atoms with van der Waals surface area (Å²) in [6.07, 6.45) is 14.8. The Balaban J connectivity index is 3.67. The Labute approximate surface area is 120 Å². The maximum absolute atomic E-state index is 11.2. The summed E-state index contributed by atoms with van der Waals surface area (Å²) < 4.78 is 9.77. The number of hydrogen-bond acceptors (Lipinski definition) is 4. The normalized spacial score (nSPS) is 11.9. The molecule has 0 aromatic carbocycles. The first kappa shape index (κ1) is 17.9. The highest BCUT2D eigenvalue weighted by atomic mass is 16.5. The summed E-state index contributed by atoms with van der Waals surface area (Å²) in [4.78, 5) is 22.3. The van der Waals surface area contributed by atoms with E-state index in [1.807, 2.05) is 19.9 Å². The number of rotatable bonds is 9. The Bertz CT molecular complexity index is 389. The maximum Gasteiger partial charge on any atom is 0.331 e. The first-order valence-corrected chi connectivity index (χ1v) is 6.65. The van der Waals surface area contributed by atoms with Crippen molar-refractivity contribution in [1.29, 1.82) is 0 Å². The minimum absolute atomic E-state index is 0.155. The van der Waals surface area contributed by atoms with Gasteiger partial charge in [0.25, 0.3) is 0 Å². The van der Waals surface area contributed by atoms with Crippen molar-refractivity contribution in [3.05, 3.63) is 48.6 Å². The van der Waals surface area contributed by atoms with Gasteiger partial charge in [0.1, 0.15) is 13.2 Å². The van der Waals surface area contributed by atoms with Crippen LogP contribution in [0, 0.1) is 0 Å². The highest BCUT2D eigenvalue weighted by Crippen LogP contribution is 1.91. The predicted molar refractivity (Wildman–Crippen MR) is 79.1 cm³/mol. The second-order valence-corrected chi connectivity index (χ2v) is 3.81. The van der Waals surface area contributed by atoms with E-state index in [4.69, 9.17) is 9.47 Å². The van der Waals surface area contributed by atoms with Crippen molar-refractivity contribution in [2.75, 3.05) is 13.2 Å². The summed E-state index contributed by atoms with van der Waals surface area (Å²) in [6, 6.07) is 0. The summed E-state index contributed by atoms with van der Waals surface area (Å²) in [6.45, 7) is 4.22. The van der Waals surface area contributed by atoms with Crippen LogP contribution in [0.3, 0.4) is 0 Å². The van der Waals surface area contributed by atoms with Gasteiger partial charge in [-0.05, 0) is 25.5 Å². The van der Waals surface area contributed by atoms with E-state index < -0.39 is 5.97 Å². The van der Waals surface area contributed by atoms with Gasteiger partial charge in [0, 0.05) is 12.2 Å². The maximum atomic E-state index is 11.2. The first-order valence-electron chi connectivity index (χ1n) is 6.65. The van der Waals surface area contributed by atoms with E-state index in [0.717, 1.165) is 12.8 Å². The molecule has 0 aromatic heterocycles. The van der Waals surface area contributed by atoms with E-state index in [-0.39, 0.29) is 19.2 Å². The summed E-state index contributed by atoms with van der Waals surface area (Å²) in [5, 5.41) is 0. The standard InChI is InChI=1S/C16H22O4/c1-3-5-7-11-15(17)19-13-9-10-14-20-16(18)12-8-6-4-2/h3,5,7-12H,4,6,13-14H2,1-2H3/b5-3+,10-9-,11-7+,12-8+. The fourth-order valence-corrected chi connectivity index (χ4v) is 1.08. The van der Waals surface area contributed by atoms with Crippen LogP contribution < -0.4 is 0 Å². The molecule has 0 aliphatic heterocycles.